The Balaban J connectivity index is 1.66. The summed E-state index contributed by atoms with van der Waals surface area (Å²) >= 11 is 0. The van der Waals surface area contributed by atoms with Crippen molar-refractivity contribution >= 4 is 70.8 Å². The van der Waals surface area contributed by atoms with Crippen molar-refractivity contribution in [2.75, 3.05) is 41.6 Å². The number of rotatable bonds is 17. The van der Waals surface area contributed by atoms with E-state index in [0.29, 0.717) is 0 Å². The smallest absolute Gasteiger partial charge is 0.337 e. The number of benzene rings is 3. The number of nitrogens with zero attached hydrogens (tertiary/aromatic N) is 6. The maximum atomic E-state index is 14.3. The summed E-state index contributed by atoms with van der Waals surface area (Å²) in [6.07, 6.45) is -1.31. The molecule has 1 heterocycles. The number of carboxylic acids is 1. The number of azo groups is 1. The highest BCUT2D eigenvalue weighted by Gasteiger charge is 2.20. The van der Waals surface area contributed by atoms with Gasteiger partial charge in [0.2, 0.25) is 17.7 Å². The first kappa shape index (κ1) is 40.8. The van der Waals surface area contributed by atoms with Gasteiger partial charge < -0.3 is 25.6 Å². The number of anilines is 4. The van der Waals surface area contributed by atoms with Gasteiger partial charge in [0, 0.05) is 17.5 Å². The molecule has 286 valence electrons. The highest BCUT2D eigenvalue weighted by molar-refractivity contribution is 7.94. The van der Waals surface area contributed by atoms with Gasteiger partial charge in [-0.3, -0.25) is 14.5 Å². The van der Waals surface area contributed by atoms with Gasteiger partial charge in [-0.05, 0) is 30.3 Å². The van der Waals surface area contributed by atoms with Gasteiger partial charge in [0.25, 0.3) is 20.2 Å². The number of aromatic hydroxyl groups is 1. The van der Waals surface area contributed by atoms with E-state index in [2.05, 4.69) is 52.9 Å². The van der Waals surface area contributed by atoms with Crippen LogP contribution in [0.3, 0.4) is 0 Å². The molecule has 0 aliphatic rings. The summed E-state index contributed by atoms with van der Waals surface area (Å²) in [4.78, 5) is 21.1. The van der Waals surface area contributed by atoms with Crippen LogP contribution in [0.15, 0.2) is 97.8 Å². The van der Waals surface area contributed by atoms with Crippen LogP contribution in [0, 0.1) is 6.08 Å². The molecule has 0 saturated carbocycles. The Morgan fingerprint density at radius 3 is 2.20 bits per heavy atom. The SMILES string of the molecule is C=CS(=O)(=O)CCOCCNc1nc(F)nc(Nc2cc(S(=O)(=O)O)cc(N/N=C(/N=Nc3cc(S(=O)(=O)O)ccc3C(=O)O)c3ccccc3)c2O)n1. The number of phenolic OH excluding ortho intramolecular Hbond substituents is 1. The molecule has 7 N–H and O–H groups in total. The van der Waals surface area contributed by atoms with Crippen molar-refractivity contribution in [2.45, 2.75) is 9.79 Å². The molecule has 0 amide bonds. The largest absolute Gasteiger partial charge is 0.504 e. The van der Waals surface area contributed by atoms with Gasteiger partial charge in [-0.15, -0.1) is 10.2 Å². The van der Waals surface area contributed by atoms with E-state index in [1.807, 2.05) is 0 Å². The van der Waals surface area contributed by atoms with E-state index >= 15 is 0 Å². The maximum Gasteiger partial charge on any atom is 0.337 e. The van der Waals surface area contributed by atoms with Crippen LogP contribution in [0.1, 0.15) is 15.9 Å². The number of sulfone groups is 1. The second-order valence-corrected chi connectivity index (χ2v) is 15.3. The fraction of sp³-hybridized carbons (Fsp3) is 0.138. The Bertz CT molecular complexity index is 2450. The summed E-state index contributed by atoms with van der Waals surface area (Å²) < 4.78 is 109. The Morgan fingerprint density at radius 2 is 1.56 bits per heavy atom. The van der Waals surface area contributed by atoms with E-state index < -0.39 is 86.2 Å². The molecular weight excluding hydrogens is 782 g/mol. The molecule has 4 aromatic rings. The minimum atomic E-state index is -4.97. The van der Waals surface area contributed by atoms with E-state index in [0.717, 1.165) is 35.7 Å². The first-order valence-electron chi connectivity index (χ1n) is 14.7. The lowest BCUT2D eigenvalue weighted by Gasteiger charge is -2.13. The fourth-order valence-corrected chi connectivity index (χ4v) is 5.57. The number of aromatic carboxylic acids is 1. The molecule has 0 aliphatic heterocycles. The number of hydrazone groups is 1. The van der Waals surface area contributed by atoms with E-state index in [1.165, 1.54) is 12.1 Å². The molecule has 3 aromatic carbocycles. The number of amidine groups is 1. The zero-order chi connectivity index (χ0) is 39.7. The third-order valence-corrected chi connectivity index (χ3v) is 9.52. The lowest BCUT2D eigenvalue weighted by atomic mass is 10.2. The van der Waals surface area contributed by atoms with Gasteiger partial charge >= 0.3 is 12.0 Å². The third kappa shape index (κ3) is 11.5. The molecule has 0 unspecified atom stereocenters. The fourth-order valence-electron chi connectivity index (χ4n) is 4.02. The number of halogens is 1. The quantitative estimate of drug-likeness (QED) is 0.0153. The lowest BCUT2D eigenvalue weighted by molar-refractivity contribution is 0.0697. The van der Waals surface area contributed by atoms with Crippen molar-refractivity contribution in [1.29, 1.82) is 0 Å². The van der Waals surface area contributed by atoms with Crippen molar-refractivity contribution in [3.8, 4) is 5.75 Å². The van der Waals surface area contributed by atoms with Crippen molar-refractivity contribution in [1.82, 2.24) is 15.0 Å². The Labute approximate surface area is 305 Å². The molecule has 21 nitrogen and oxygen atoms in total. The molecule has 0 spiro atoms. The van der Waals surface area contributed by atoms with Crippen molar-refractivity contribution in [3.63, 3.8) is 0 Å². The van der Waals surface area contributed by atoms with Gasteiger partial charge in [-0.25, -0.2) is 13.2 Å². The minimum absolute atomic E-state index is 0.0166. The van der Waals surface area contributed by atoms with Gasteiger partial charge in [-0.2, -0.15) is 41.3 Å². The van der Waals surface area contributed by atoms with Crippen molar-refractivity contribution in [2.24, 2.45) is 15.3 Å². The third-order valence-electron chi connectivity index (χ3n) is 6.60. The van der Waals surface area contributed by atoms with Crippen molar-refractivity contribution < 1.29 is 58.5 Å². The molecule has 25 heteroatoms. The predicted octanol–water partition coefficient (Wildman–Crippen LogP) is 3.20. The molecule has 1 aromatic heterocycles. The molecular formula is C29H28FN9O12S3. The first-order chi connectivity index (χ1) is 25.4. The topological polar surface area (TPSA) is 321 Å². The van der Waals surface area contributed by atoms with Crippen LogP contribution in [0.5, 0.6) is 5.75 Å². The van der Waals surface area contributed by atoms with Crippen LogP contribution in [0.4, 0.5) is 33.3 Å². The minimum Gasteiger partial charge on any atom is -0.504 e. The van der Waals surface area contributed by atoms with Crippen LogP contribution in [-0.4, -0.2) is 96.8 Å². The van der Waals surface area contributed by atoms with Crippen LogP contribution >= 0.6 is 0 Å². The van der Waals surface area contributed by atoms with Crippen LogP contribution in [0.2, 0.25) is 0 Å². The van der Waals surface area contributed by atoms with Gasteiger partial charge in [0.15, 0.2) is 15.6 Å². The second-order valence-electron chi connectivity index (χ2n) is 10.4. The first-order valence-corrected chi connectivity index (χ1v) is 19.3. The molecule has 0 radical (unpaired) electrons. The van der Waals surface area contributed by atoms with E-state index in [1.54, 1.807) is 18.2 Å². The Kier molecular flexibility index (Phi) is 13.0. The Hall–Kier alpha value is -5.99. The van der Waals surface area contributed by atoms with Crippen LogP contribution in [-0.2, 0) is 34.8 Å². The number of hydrogen-bond donors (Lipinski definition) is 7. The van der Waals surface area contributed by atoms with E-state index in [4.69, 9.17) is 4.74 Å². The standard InChI is InChI=1S/C29H28FN9O12S3/c1-2-52(43,44)13-12-51-11-10-31-28-33-27(30)34-29(35-28)32-22-15-19(54(48,49)50)16-23(24(22)40)37-39-25(17-6-4-3-5-7-17)38-36-21-14-18(53(45,46)47)8-9-20(21)26(41)42/h2-9,14-16,37,40H,1,10-13H2,(H,41,42)(H,45,46,47)(H,48,49,50)(H2,31,32,33,34,35)/b38-36?,39-25+. The van der Waals surface area contributed by atoms with E-state index in [-0.39, 0.29) is 42.9 Å². The number of carboxylic acid groups (broad SMARTS) is 1. The number of phenols is 1. The maximum absolute atomic E-state index is 14.3. The molecule has 0 bridgehead atoms. The summed E-state index contributed by atoms with van der Waals surface area (Å²) in [5, 5.41) is 38.2. The average molecular weight is 810 g/mol. The predicted molar refractivity (Wildman–Crippen MR) is 189 cm³/mol. The van der Waals surface area contributed by atoms with Gasteiger partial charge in [0.05, 0.1) is 40.0 Å². The summed E-state index contributed by atoms with van der Waals surface area (Å²) in [6.45, 7) is 2.98. The summed E-state index contributed by atoms with van der Waals surface area (Å²) in [7, 11) is -13.2. The molecule has 54 heavy (non-hydrogen) atoms. The zero-order valence-electron chi connectivity index (χ0n) is 27.2. The number of aromatic nitrogens is 3. The van der Waals surface area contributed by atoms with Crippen LogP contribution in [0.25, 0.3) is 0 Å². The number of ether oxygens (including phenoxy) is 1. The summed E-state index contributed by atoms with van der Waals surface area (Å²) in [6, 6.07) is 11.7. The Morgan fingerprint density at radius 1 is 0.889 bits per heavy atom. The van der Waals surface area contributed by atoms with Crippen molar-refractivity contribution in [3.05, 3.63) is 89.9 Å². The van der Waals surface area contributed by atoms with Gasteiger partial charge in [0.1, 0.15) is 11.4 Å². The second kappa shape index (κ2) is 17.2. The highest BCUT2D eigenvalue weighted by Crippen LogP contribution is 2.37. The molecule has 0 saturated heterocycles. The normalized spacial score (nSPS) is 12.4. The summed E-state index contributed by atoms with van der Waals surface area (Å²) in [5.41, 5.74) is 0.571. The van der Waals surface area contributed by atoms with Gasteiger partial charge in [-0.1, -0.05) is 36.9 Å². The monoisotopic (exact) mass is 809 g/mol. The zero-order valence-corrected chi connectivity index (χ0v) is 29.7. The molecule has 0 fully saturated rings. The lowest BCUT2D eigenvalue weighted by Crippen LogP contribution is -2.16. The van der Waals surface area contributed by atoms with Crippen LogP contribution < -0.4 is 16.1 Å². The number of hydrogen-bond acceptors (Lipinski definition) is 17. The molecule has 0 aliphatic carbocycles. The number of carbonyl (C=O) groups is 1. The average Bonchev–Trinajstić information content (AvgIpc) is 3.10. The van der Waals surface area contributed by atoms with E-state index in [9.17, 15) is 53.8 Å². The summed E-state index contributed by atoms with van der Waals surface area (Å²) in [5.74, 6) is -3.83. The number of nitrogens with one attached hydrogen (secondary N) is 3. The molecule has 4 rings (SSSR count). The molecule has 0 atom stereocenters. The highest BCUT2D eigenvalue weighted by atomic mass is 32.2.